The van der Waals surface area contributed by atoms with Crippen LogP contribution in [0.1, 0.15) is 44.9 Å². The Kier molecular flexibility index (Phi) is 5.85. The van der Waals surface area contributed by atoms with E-state index >= 15 is 0 Å². The second-order valence-corrected chi connectivity index (χ2v) is 7.23. The normalized spacial score (nSPS) is 35.3. The van der Waals surface area contributed by atoms with E-state index in [1.54, 1.807) is 0 Å². The average molecular weight is 305 g/mol. The molecule has 3 rings (SSSR count). The molecule has 1 saturated carbocycles. The van der Waals surface area contributed by atoms with Crippen molar-refractivity contribution >= 4 is 30.1 Å². The SMILES string of the molecule is Cl.O=C(NC1CCSCC1)C1CC2CCCCC2N1. The molecular formula is C14H25ClN2OS. The Morgan fingerprint density at radius 2 is 1.84 bits per heavy atom. The fourth-order valence-corrected chi connectivity index (χ4v) is 4.77. The quantitative estimate of drug-likeness (QED) is 0.823. The molecule has 0 radical (unpaired) electrons. The zero-order valence-electron chi connectivity index (χ0n) is 11.4. The number of carbonyl (C=O) groups is 1. The highest BCUT2D eigenvalue weighted by molar-refractivity contribution is 7.99. The lowest BCUT2D eigenvalue weighted by Gasteiger charge is -2.25. The summed E-state index contributed by atoms with van der Waals surface area (Å²) in [5.74, 6) is 3.43. The van der Waals surface area contributed by atoms with E-state index in [0.717, 1.165) is 25.2 Å². The Morgan fingerprint density at radius 1 is 1.11 bits per heavy atom. The number of carbonyl (C=O) groups excluding carboxylic acids is 1. The van der Waals surface area contributed by atoms with Crippen molar-refractivity contribution in [1.29, 1.82) is 0 Å². The molecule has 3 aliphatic rings. The zero-order chi connectivity index (χ0) is 12.4. The Labute approximate surface area is 126 Å². The van der Waals surface area contributed by atoms with E-state index in [4.69, 9.17) is 0 Å². The third-order valence-corrected chi connectivity index (χ3v) is 5.80. The molecule has 2 aliphatic heterocycles. The van der Waals surface area contributed by atoms with Crippen LogP contribution in [0.3, 0.4) is 0 Å². The summed E-state index contributed by atoms with van der Waals surface area (Å²) in [5, 5.41) is 6.82. The first kappa shape index (κ1) is 15.5. The van der Waals surface area contributed by atoms with Gasteiger partial charge in [0.1, 0.15) is 0 Å². The second kappa shape index (κ2) is 7.19. The summed E-state index contributed by atoms with van der Waals surface area (Å²) >= 11 is 2.01. The first-order chi connectivity index (χ1) is 8.83. The van der Waals surface area contributed by atoms with Crippen LogP contribution < -0.4 is 10.6 Å². The standard InChI is InChI=1S/C14H24N2OS.ClH/c17-14(15-11-5-7-18-8-6-11)13-9-10-3-1-2-4-12(10)16-13;/h10-13,16H,1-9H2,(H,15,17);1H. The number of rotatable bonds is 2. The molecule has 3 fully saturated rings. The lowest BCUT2D eigenvalue weighted by molar-refractivity contribution is -0.123. The van der Waals surface area contributed by atoms with E-state index in [1.165, 1.54) is 37.2 Å². The van der Waals surface area contributed by atoms with Gasteiger partial charge in [-0.15, -0.1) is 12.4 Å². The summed E-state index contributed by atoms with van der Waals surface area (Å²) in [7, 11) is 0. The summed E-state index contributed by atoms with van der Waals surface area (Å²) in [6.07, 6.45) is 8.65. The first-order valence-electron chi connectivity index (χ1n) is 7.47. The van der Waals surface area contributed by atoms with Crippen molar-refractivity contribution in [1.82, 2.24) is 10.6 Å². The molecule has 5 heteroatoms. The lowest BCUT2D eigenvalue weighted by atomic mass is 9.85. The van der Waals surface area contributed by atoms with Crippen molar-refractivity contribution in [2.45, 2.75) is 63.1 Å². The van der Waals surface area contributed by atoms with Gasteiger partial charge in [0.25, 0.3) is 0 Å². The van der Waals surface area contributed by atoms with Crippen LogP contribution in [0, 0.1) is 5.92 Å². The maximum absolute atomic E-state index is 12.3. The molecule has 3 unspecified atom stereocenters. The van der Waals surface area contributed by atoms with Crippen molar-refractivity contribution in [3.63, 3.8) is 0 Å². The second-order valence-electron chi connectivity index (χ2n) is 6.00. The summed E-state index contributed by atoms with van der Waals surface area (Å²) in [6.45, 7) is 0. The third kappa shape index (κ3) is 3.79. The average Bonchev–Trinajstić information content (AvgIpc) is 2.84. The molecule has 0 aromatic carbocycles. The third-order valence-electron chi connectivity index (χ3n) is 4.75. The monoisotopic (exact) mass is 304 g/mol. The molecule has 3 atom stereocenters. The predicted octanol–water partition coefficient (Wildman–Crippen LogP) is 2.34. The summed E-state index contributed by atoms with van der Waals surface area (Å²) < 4.78 is 0. The number of halogens is 1. The van der Waals surface area contributed by atoms with Gasteiger partial charge in [-0.1, -0.05) is 12.8 Å². The molecule has 110 valence electrons. The number of fused-ring (bicyclic) bond motifs is 1. The van der Waals surface area contributed by atoms with E-state index in [-0.39, 0.29) is 24.4 Å². The van der Waals surface area contributed by atoms with Crippen LogP contribution in [0.5, 0.6) is 0 Å². The number of hydrogen-bond acceptors (Lipinski definition) is 3. The predicted molar refractivity (Wildman–Crippen MR) is 83.0 cm³/mol. The van der Waals surface area contributed by atoms with Gasteiger partial charge in [-0.05, 0) is 49.5 Å². The van der Waals surface area contributed by atoms with Gasteiger partial charge < -0.3 is 10.6 Å². The number of amides is 1. The molecule has 1 amide bonds. The van der Waals surface area contributed by atoms with Gasteiger partial charge in [0, 0.05) is 12.1 Å². The Bertz CT molecular complexity index is 296. The summed E-state index contributed by atoms with van der Waals surface area (Å²) in [4.78, 5) is 12.3. The fourth-order valence-electron chi connectivity index (χ4n) is 3.66. The molecule has 19 heavy (non-hydrogen) atoms. The maximum Gasteiger partial charge on any atom is 0.237 e. The number of nitrogens with one attached hydrogen (secondary N) is 2. The molecule has 2 saturated heterocycles. The van der Waals surface area contributed by atoms with E-state index in [9.17, 15) is 4.79 Å². The van der Waals surface area contributed by atoms with E-state index < -0.39 is 0 Å². The summed E-state index contributed by atoms with van der Waals surface area (Å²) in [5.41, 5.74) is 0. The highest BCUT2D eigenvalue weighted by Gasteiger charge is 2.38. The van der Waals surface area contributed by atoms with Crippen LogP contribution in [0.2, 0.25) is 0 Å². The number of hydrogen-bond donors (Lipinski definition) is 2. The molecule has 2 N–H and O–H groups in total. The molecule has 0 aromatic rings. The van der Waals surface area contributed by atoms with Gasteiger partial charge >= 0.3 is 0 Å². The molecule has 0 aromatic heterocycles. The van der Waals surface area contributed by atoms with Gasteiger partial charge in [0.15, 0.2) is 0 Å². The summed E-state index contributed by atoms with van der Waals surface area (Å²) in [6, 6.07) is 1.15. The highest BCUT2D eigenvalue weighted by atomic mass is 35.5. The minimum atomic E-state index is 0. The van der Waals surface area contributed by atoms with Crippen LogP contribution in [0.4, 0.5) is 0 Å². The first-order valence-corrected chi connectivity index (χ1v) is 8.62. The topological polar surface area (TPSA) is 41.1 Å². The van der Waals surface area contributed by atoms with Gasteiger partial charge in [0.2, 0.25) is 5.91 Å². The van der Waals surface area contributed by atoms with Crippen molar-refractivity contribution in [3.05, 3.63) is 0 Å². The molecule has 1 aliphatic carbocycles. The van der Waals surface area contributed by atoms with E-state index in [0.29, 0.717) is 12.1 Å². The van der Waals surface area contributed by atoms with Crippen LogP contribution in [-0.4, -0.2) is 35.5 Å². The van der Waals surface area contributed by atoms with Crippen molar-refractivity contribution in [2.75, 3.05) is 11.5 Å². The Balaban J connectivity index is 0.00000133. The largest absolute Gasteiger partial charge is 0.352 e. The van der Waals surface area contributed by atoms with Crippen LogP contribution in [-0.2, 0) is 4.79 Å². The maximum atomic E-state index is 12.3. The van der Waals surface area contributed by atoms with Crippen LogP contribution in [0.25, 0.3) is 0 Å². The minimum absolute atomic E-state index is 0. The van der Waals surface area contributed by atoms with Gasteiger partial charge in [0.05, 0.1) is 6.04 Å². The van der Waals surface area contributed by atoms with E-state index in [2.05, 4.69) is 10.6 Å². The Hall–Kier alpha value is 0.0700. The highest BCUT2D eigenvalue weighted by Crippen LogP contribution is 2.33. The molecule has 3 nitrogen and oxygen atoms in total. The van der Waals surface area contributed by atoms with Crippen molar-refractivity contribution in [3.8, 4) is 0 Å². The molecule has 0 bridgehead atoms. The smallest absolute Gasteiger partial charge is 0.237 e. The molecular weight excluding hydrogens is 280 g/mol. The minimum Gasteiger partial charge on any atom is -0.352 e. The van der Waals surface area contributed by atoms with Gasteiger partial charge in [-0.3, -0.25) is 4.79 Å². The van der Waals surface area contributed by atoms with Gasteiger partial charge in [-0.2, -0.15) is 11.8 Å². The fraction of sp³-hybridized carbons (Fsp3) is 0.929. The van der Waals surface area contributed by atoms with Crippen LogP contribution in [0.15, 0.2) is 0 Å². The zero-order valence-corrected chi connectivity index (χ0v) is 13.0. The molecule has 0 spiro atoms. The Morgan fingerprint density at radius 3 is 2.58 bits per heavy atom. The van der Waals surface area contributed by atoms with E-state index in [1.807, 2.05) is 11.8 Å². The lowest BCUT2D eigenvalue weighted by Crippen LogP contribution is -2.47. The van der Waals surface area contributed by atoms with Crippen molar-refractivity contribution in [2.24, 2.45) is 5.92 Å². The molecule has 2 heterocycles. The van der Waals surface area contributed by atoms with Gasteiger partial charge in [-0.25, -0.2) is 0 Å². The number of thioether (sulfide) groups is 1. The van der Waals surface area contributed by atoms with Crippen molar-refractivity contribution < 1.29 is 4.79 Å². The van der Waals surface area contributed by atoms with Crippen LogP contribution >= 0.6 is 24.2 Å².